The molecule has 0 N–H and O–H groups in total. The molecule has 0 spiro atoms. The van der Waals surface area contributed by atoms with Crippen LogP contribution in [0.5, 0.6) is 0 Å². The average Bonchev–Trinajstić information content (AvgIpc) is 3.20. The van der Waals surface area contributed by atoms with Crippen molar-refractivity contribution in [2.45, 2.75) is 16.7 Å². The number of hydrogen-bond acceptors (Lipinski definition) is 5. The second kappa shape index (κ2) is 8.70. The summed E-state index contributed by atoms with van der Waals surface area (Å²) in [6, 6.07) is 11.0. The van der Waals surface area contributed by atoms with Crippen molar-refractivity contribution in [3.05, 3.63) is 70.9 Å². The van der Waals surface area contributed by atoms with Crippen molar-refractivity contribution >= 4 is 29.1 Å². The summed E-state index contributed by atoms with van der Waals surface area (Å²) in [4.78, 5) is 17.2. The Morgan fingerprint density at radius 1 is 1.30 bits per heavy atom. The third kappa shape index (κ3) is 4.96. The van der Waals surface area contributed by atoms with Gasteiger partial charge < -0.3 is 14.5 Å². The fourth-order valence-corrected chi connectivity index (χ4v) is 4.15. The molecule has 0 amide bonds. The van der Waals surface area contributed by atoms with E-state index in [4.69, 9.17) is 0 Å². The molecule has 1 atom stereocenters. The van der Waals surface area contributed by atoms with Crippen LogP contribution in [0.25, 0.3) is 0 Å². The van der Waals surface area contributed by atoms with Crippen molar-refractivity contribution in [1.29, 1.82) is 0 Å². The second-order valence-electron chi connectivity index (χ2n) is 4.69. The largest absolute Gasteiger partial charge is 1.00 e. The normalized spacial score (nSPS) is 11.7. The first-order chi connectivity index (χ1) is 10.7. The number of carboxylic acid groups (broad SMARTS) is 1. The van der Waals surface area contributed by atoms with Crippen molar-refractivity contribution in [1.82, 2.24) is 9.55 Å². The zero-order chi connectivity index (χ0) is 15.4. The van der Waals surface area contributed by atoms with Crippen LogP contribution in [0, 0.1) is 0 Å². The summed E-state index contributed by atoms with van der Waals surface area (Å²) in [5, 5.41) is 13.1. The van der Waals surface area contributed by atoms with E-state index in [1.54, 1.807) is 47.8 Å². The summed E-state index contributed by atoms with van der Waals surface area (Å²) in [6.45, 7) is 0.813. The number of aromatic nitrogens is 2. The van der Waals surface area contributed by atoms with E-state index >= 15 is 0 Å². The number of thiophene rings is 1. The first kappa shape index (κ1) is 18.3. The summed E-state index contributed by atoms with van der Waals surface area (Å²) in [7, 11) is 0. The third-order valence-electron chi connectivity index (χ3n) is 3.16. The summed E-state index contributed by atoms with van der Waals surface area (Å²) >= 11 is 3.44. The minimum Gasteiger partial charge on any atom is -0.545 e. The minimum atomic E-state index is -1.15. The maximum atomic E-state index is 10.8. The van der Waals surface area contributed by atoms with Crippen molar-refractivity contribution in [3.8, 4) is 0 Å². The van der Waals surface area contributed by atoms with Crippen LogP contribution >= 0.6 is 23.1 Å². The van der Waals surface area contributed by atoms with Crippen molar-refractivity contribution in [2.75, 3.05) is 0 Å². The Morgan fingerprint density at radius 2 is 2.09 bits per heavy atom. The summed E-state index contributed by atoms with van der Waals surface area (Å²) < 4.78 is 2.05. The van der Waals surface area contributed by atoms with E-state index in [2.05, 4.69) is 16.4 Å². The Hall–Kier alpha value is -1.05. The fourth-order valence-electron chi connectivity index (χ4n) is 2.08. The Morgan fingerprint density at radius 3 is 2.65 bits per heavy atom. The van der Waals surface area contributed by atoms with Gasteiger partial charge in [0.25, 0.3) is 0 Å². The Kier molecular flexibility index (Phi) is 6.92. The van der Waals surface area contributed by atoms with E-state index in [1.807, 2.05) is 29.0 Å². The Labute approximate surface area is 164 Å². The number of hydrogen-bond donors (Lipinski definition) is 0. The number of carboxylic acids is 1. The van der Waals surface area contributed by atoms with Gasteiger partial charge in [-0.05, 0) is 29.1 Å². The molecule has 0 fully saturated rings. The van der Waals surface area contributed by atoms with Crippen LogP contribution in [0.15, 0.2) is 65.4 Å². The summed E-state index contributed by atoms with van der Waals surface area (Å²) in [6.07, 6.45) is 5.52. The molecular weight excluding hydrogens is 339 g/mol. The molecule has 1 aromatic carbocycles. The molecule has 2 aromatic heterocycles. The first-order valence-corrected chi connectivity index (χ1v) is 8.45. The molecule has 23 heavy (non-hydrogen) atoms. The van der Waals surface area contributed by atoms with E-state index in [-0.39, 0.29) is 40.4 Å². The van der Waals surface area contributed by atoms with Gasteiger partial charge in [-0.3, -0.25) is 0 Å². The summed E-state index contributed by atoms with van der Waals surface area (Å²) in [5.74, 6) is -1.15. The molecule has 3 rings (SSSR count). The average molecular weight is 352 g/mol. The maximum absolute atomic E-state index is 10.8. The zero-order valence-corrected chi connectivity index (χ0v) is 16.2. The fraction of sp³-hybridized carbons (Fsp3) is 0.125. The SMILES string of the molecule is O=C([O-])c1ccc(SC(Cn2ccnc2)c2cccs2)cc1.[Na+]. The maximum Gasteiger partial charge on any atom is 1.00 e. The van der Waals surface area contributed by atoms with E-state index in [9.17, 15) is 9.90 Å². The van der Waals surface area contributed by atoms with Crippen molar-refractivity contribution < 1.29 is 39.5 Å². The molecule has 0 saturated carbocycles. The predicted molar refractivity (Wildman–Crippen MR) is 85.9 cm³/mol. The van der Waals surface area contributed by atoms with Gasteiger partial charge in [-0.1, -0.05) is 18.2 Å². The van der Waals surface area contributed by atoms with Crippen LogP contribution in [-0.2, 0) is 6.54 Å². The van der Waals surface area contributed by atoms with Gasteiger partial charge in [0.1, 0.15) is 0 Å². The van der Waals surface area contributed by atoms with Gasteiger partial charge in [0, 0.05) is 28.7 Å². The number of thioether (sulfide) groups is 1. The van der Waals surface area contributed by atoms with Crippen LogP contribution in [-0.4, -0.2) is 15.5 Å². The number of carbonyl (C=O) groups is 1. The second-order valence-corrected chi connectivity index (χ2v) is 6.95. The zero-order valence-electron chi connectivity index (χ0n) is 12.6. The van der Waals surface area contributed by atoms with Crippen LogP contribution in [0.3, 0.4) is 0 Å². The molecular formula is C16H13N2NaO2S2. The number of aromatic carboxylic acids is 1. The van der Waals surface area contributed by atoms with E-state index in [1.165, 1.54) is 4.88 Å². The van der Waals surface area contributed by atoms with E-state index < -0.39 is 5.97 Å². The van der Waals surface area contributed by atoms with Gasteiger partial charge in [-0.2, -0.15) is 0 Å². The molecule has 0 saturated heterocycles. The van der Waals surface area contributed by atoms with Gasteiger partial charge in [-0.15, -0.1) is 23.1 Å². The molecule has 0 aliphatic carbocycles. The minimum absolute atomic E-state index is 0. The van der Waals surface area contributed by atoms with E-state index in [0.29, 0.717) is 0 Å². The van der Waals surface area contributed by atoms with Crippen LogP contribution in [0.1, 0.15) is 20.5 Å². The van der Waals surface area contributed by atoms with Gasteiger partial charge in [0.15, 0.2) is 0 Å². The molecule has 4 nitrogen and oxygen atoms in total. The van der Waals surface area contributed by atoms with Crippen molar-refractivity contribution in [2.24, 2.45) is 0 Å². The molecule has 1 unspecified atom stereocenters. The quantitative estimate of drug-likeness (QED) is 0.457. The smallest absolute Gasteiger partial charge is 0.545 e. The van der Waals surface area contributed by atoms with E-state index in [0.717, 1.165) is 11.4 Å². The monoisotopic (exact) mass is 352 g/mol. The number of rotatable bonds is 6. The molecule has 2 heterocycles. The topological polar surface area (TPSA) is 57.9 Å². The van der Waals surface area contributed by atoms with Crippen LogP contribution < -0.4 is 34.7 Å². The van der Waals surface area contributed by atoms with Crippen molar-refractivity contribution in [3.63, 3.8) is 0 Å². The van der Waals surface area contributed by atoms with Gasteiger partial charge in [-0.25, -0.2) is 4.98 Å². The number of benzene rings is 1. The molecule has 3 aromatic rings. The molecule has 0 aliphatic heterocycles. The Balaban J connectivity index is 0.00000192. The number of nitrogens with zero attached hydrogens (tertiary/aromatic N) is 2. The number of imidazole rings is 1. The summed E-state index contributed by atoms with van der Waals surface area (Å²) in [5.41, 5.74) is 0.201. The molecule has 0 bridgehead atoms. The molecule has 7 heteroatoms. The molecule has 112 valence electrons. The third-order valence-corrected chi connectivity index (χ3v) is 5.53. The first-order valence-electron chi connectivity index (χ1n) is 6.69. The standard InChI is InChI=1S/C16H14N2O2S2.Na/c19-16(20)12-3-5-13(6-4-12)22-15(14-2-1-9-21-14)10-18-8-7-17-11-18;/h1-9,11,15H,10H2,(H,19,20);/q;+1/p-1. The predicted octanol–water partition coefficient (Wildman–Crippen LogP) is -0.154. The van der Waals surface area contributed by atoms with Gasteiger partial charge in [0.05, 0.1) is 17.5 Å². The van der Waals surface area contributed by atoms with Crippen LogP contribution in [0.4, 0.5) is 0 Å². The van der Waals surface area contributed by atoms with Gasteiger partial charge >= 0.3 is 29.6 Å². The van der Waals surface area contributed by atoms with Gasteiger partial charge in [0.2, 0.25) is 0 Å². The Bertz CT molecular complexity index is 728. The number of carbonyl (C=O) groups excluding carboxylic acids is 1. The molecule has 0 radical (unpaired) electrons. The van der Waals surface area contributed by atoms with Crippen LogP contribution in [0.2, 0.25) is 0 Å². The molecule has 0 aliphatic rings.